The van der Waals surface area contributed by atoms with Crippen molar-refractivity contribution in [3.05, 3.63) is 41.6 Å². The minimum atomic E-state index is -0.527. The van der Waals surface area contributed by atoms with E-state index in [2.05, 4.69) is 11.2 Å². The Hall–Kier alpha value is -2.81. The first kappa shape index (κ1) is 12.6. The van der Waals surface area contributed by atoms with E-state index in [1.165, 1.54) is 10.9 Å². The lowest BCUT2D eigenvalue weighted by molar-refractivity contribution is 0.0527. The van der Waals surface area contributed by atoms with Gasteiger partial charge in [-0.05, 0) is 19.1 Å². The standard InChI is InChI=1S/C13H12N4O2/c1-2-19-13(18)10-8-16-17(12(10)15)11-6-4-3-5-9(11)7-14/h3-6,8H,2,15H2,1H3. The predicted octanol–water partition coefficient (Wildman–Crippen LogP) is 1.50. The van der Waals surface area contributed by atoms with Crippen LogP contribution in [0.4, 0.5) is 5.82 Å². The molecule has 2 aromatic rings. The maximum absolute atomic E-state index is 11.6. The molecule has 6 nitrogen and oxygen atoms in total. The minimum absolute atomic E-state index is 0.154. The quantitative estimate of drug-likeness (QED) is 0.840. The summed E-state index contributed by atoms with van der Waals surface area (Å²) in [7, 11) is 0. The second kappa shape index (κ2) is 5.23. The molecule has 0 unspecified atom stereocenters. The second-order valence-electron chi connectivity index (χ2n) is 3.70. The Bertz CT molecular complexity index is 655. The first-order chi connectivity index (χ1) is 9.19. The summed E-state index contributed by atoms with van der Waals surface area (Å²) in [6.07, 6.45) is 1.33. The summed E-state index contributed by atoms with van der Waals surface area (Å²) in [5.41, 5.74) is 7.02. The highest BCUT2D eigenvalue weighted by atomic mass is 16.5. The average molecular weight is 256 g/mol. The lowest BCUT2D eigenvalue weighted by Crippen LogP contribution is -2.09. The number of anilines is 1. The van der Waals surface area contributed by atoms with Gasteiger partial charge in [-0.3, -0.25) is 0 Å². The normalized spacial score (nSPS) is 9.89. The van der Waals surface area contributed by atoms with Crippen molar-refractivity contribution in [3.8, 4) is 11.8 Å². The highest BCUT2D eigenvalue weighted by Gasteiger charge is 2.18. The number of carbonyl (C=O) groups excluding carboxylic acids is 1. The number of hydrogen-bond acceptors (Lipinski definition) is 5. The summed E-state index contributed by atoms with van der Waals surface area (Å²) in [5.74, 6) is -0.373. The SMILES string of the molecule is CCOC(=O)c1cnn(-c2ccccc2C#N)c1N. The molecule has 0 saturated carbocycles. The monoisotopic (exact) mass is 256 g/mol. The van der Waals surface area contributed by atoms with E-state index >= 15 is 0 Å². The van der Waals surface area contributed by atoms with Crippen LogP contribution < -0.4 is 5.73 Å². The van der Waals surface area contributed by atoms with Crippen molar-refractivity contribution < 1.29 is 9.53 Å². The topological polar surface area (TPSA) is 93.9 Å². The molecule has 0 amide bonds. The lowest BCUT2D eigenvalue weighted by Gasteiger charge is -2.06. The van der Waals surface area contributed by atoms with Gasteiger partial charge in [0, 0.05) is 0 Å². The van der Waals surface area contributed by atoms with Crippen LogP contribution in [0.1, 0.15) is 22.8 Å². The Labute approximate surface area is 110 Å². The molecule has 2 rings (SSSR count). The number of nitrogens with zero attached hydrogens (tertiary/aromatic N) is 3. The van der Waals surface area contributed by atoms with Crippen molar-refractivity contribution >= 4 is 11.8 Å². The molecule has 6 heteroatoms. The molecule has 0 fully saturated rings. The molecule has 19 heavy (non-hydrogen) atoms. The van der Waals surface area contributed by atoms with Gasteiger partial charge in [-0.25, -0.2) is 9.48 Å². The van der Waals surface area contributed by atoms with Crippen LogP contribution >= 0.6 is 0 Å². The first-order valence-corrected chi connectivity index (χ1v) is 5.69. The summed E-state index contributed by atoms with van der Waals surface area (Å²) < 4.78 is 6.23. The Morgan fingerprint density at radius 2 is 2.26 bits per heavy atom. The number of ether oxygens (including phenoxy) is 1. The van der Waals surface area contributed by atoms with Gasteiger partial charge in [0.1, 0.15) is 17.5 Å². The number of nitriles is 1. The van der Waals surface area contributed by atoms with E-state index in [9.17, 15) is 4.79 Å². The van der Waals surface area contributed by atoms with Crippen LogP contribution in [0.15, 0.2) is 30.5 Å². The van der Waals surface area contributed by atoms with E-state index in [1.54, 1.807) is 31.2 Å². The van der Waals surface area contributed by atoms with Gasteiger partial charge in [-0.15, -0.1) is 0 Å². The zero-order valence-corrected chi connectivity index (χ0v) is 10.3. The molecule has 1 aromatic carbocycles. The van der Waals surface area contributed by atoms with Crippen molar-refractivity contribution in [2.45, 2.75) is 6.92 Å². The van der Waals surface area contributed by atoms with Crippen molar-refractivity contribution in [3.63, 3.8) is 0 Å². The molecule has 0 saturated heterocycles. The number of para-hydroxylation sites is 1. The number of rotatable bonds is 3. The van der Waals surface area contributed by atoms with E-state index in [0.29, 0.717) is 11.3 Å². The number of aromatic nitrogens is 2. The van der Waals surface area contributed by atoms with Gasteiger partial charge in [0.05, 0.1) is 24.1 Å². The van der Waals surface area contributed by atoms with Gasteiger partial charge >= 0.3 is 5.97 Å². The highest BCUT2D eigenvalue weighted by Crippen LogP contribution is 2.20. The maximum Gasteiger partial charge on any atom is 0.343 e. The van der Waals surface area contributed by atoms with E-state index in [1.807, 2.05) is 0 Å². The van der Waals surface area contributed by atoms with Crippen molar-refractivity contribution in [1.29, 1.82) is 5.26 Å². The minimum Gasteiger partial charge on any atom is -0.462 e. The van der Waals surface area contributed by atoms with E-state index < -0.39 is 5.97 Å². The smallest absolute Gasteiger partial charge is 0.343 e. The third-order valence-electron chi connectivity index (χ3n) is 2.55. The van der Waals surface area contributed by atoms with Crippen LogP contribution in [0.25, 0.3) is 5.69 Å². The Balaban J connectivity index is 2.48. The van der Waals surface area contributed by atoms with Gasteiger partial charge in [-0.1, -0.05) is 12.1 Å². The van der Waals surface area contributed by atoms with E-state index in [0.717, 1.165) is 0 Å². The number of nitrogens with two attached hydrogens (primary N) is 1. The summed E-state index contributed by atoms with van der Waals surface area (Å²) in [4.78, 5) is 11.6. The second-order valence-corrected chi connectivity index (χ2v) is 3.70. The molecular weight excluding hydrogens is 244 g/mol. The lowest BCUT2D eigenvalue weighted by atomic mass is 10.2. The molecule has 0 atom stereocenters. The number of hydrogen-bond donors (Lipinski definition) is 1. The van der Waals surface area contributed by atoms with Crippen LogP contribution in [0.2, 0.25) is 0 Å². The molecule has 2 N–H and O–H groups in total. The molecule has 0 bridgehead atoms. The van der Waals surface area contributed by atoms with E-state index in [4.69, 9.17) is 15.7 Å². The average Bonchev–Trinajstić information content (AvgIpc) is 2.80. The Morgan fingerprint density at radius 1 is 1.53 bits per heavy atom. The van der Waals surface area contributed by atoms with Crippen LogP contribution in [-0.4, -0.2) is 22.4 Å². The summed E-state index contributed by atoms with van der Waals surface area (Å²) >= 11 is 0. The zero-order chi connectivity index (χ0) is 13.8. The van der Waals surface area contributed by atoms with Gasteiger partial charge < -0.3 is 10.5 Å². The van der Waals surface area contributed by atoms with Crippen LogP contribution in [0.3, 0.4) is 0 Å². The van der Waals surface area contributed by atoms with Crippen molar-refractivity contribution in [2.75, 3.05) is 12.3 Å². The Kier molecular flexibility index (Phi) is 3.48. The number of carbonyl (C=O) groups is 1. The number of esters is 1. The first-order valence-electron chi connectivity index (χ1n) is 5.69. The summed E-state index contributed by atoms with van der Waals surface area (Å²) in [6, 6.07) is 8.92. The molecule has 1 heterocycles. The molecular formula is C13H12N4O2. The fourth-order valence-electron chi connectivity index (χ4n) is 1.67. The third-order valence-corrected chi connectivity index (χ3v) is 2.55. The highest BCUT2D eigenvalue weighted by molar-refractivity contribution is 5.94. The van der Waals surface area contributed by atoms with E-state index in [-0.39, 0.29) is 18.0 Å². The summed E-state index contributed by atoms with van der Waals surface area (Å²) in [5, 5.41) is 13.1. The third kappa shape index (κ3) is 2.26. The van der Waals surface area contributed by atoms with Gasteiger partial charge in [0.25, 0.3) is 0 Å². The molecule has 0 spiro atoms. The van der Waals surface area contributed by atoms with Crippen molar-refractivity contribution in [1.82, 2.24) is 9.78 Å². The maximum atomic E-state index is 11.6. The molecule has 0 aliphatic rings. The number of benzene rings is 1. The van der Waals surface area contributed by atoms with Gasteiger partial charge in [0.2, 0.25) is 0 Å². The van der Waals surface area contributed by atoms with Gasteiger partial charge in [0.15, 0.2) is 0 Å². The largest absolute Gasteiger partial charge is 0.462 e. The molecule has 96 valence electrons. The molecule has 0 aliphatic carbocycles. The molecule has 1 aromatic heterocycles. The zero-order valence-electron chi connectivity index (χ0n) is 10.3. The molecule has 0 radical (unpaired) electrons. The Morgan fingerprint density at radius 3 is 2.95 bits per heavy atom. The molecule has 0 aliphatic heterocycles. The van der Waals surface area contributed by atoms with Crippen LogP contribution in [0.5, 0.6) is 0 Å². The van der Waals surface area contributed by atoms with Crippen LogP contribution in [-0.2, 0) is 4.74 Å². The van der Waals surface area contributed by atoms with Crippen molar-refractivity contribution in [2.24, 2.45) is 0 Å². The van der Waals surface area contributed by atoms with Crippen LogP contribution in [0, 0.1) is 11.3 Å². The fraction of sp³-hybridized carbons (Fsp3) is 0.154. The predicted molar refractivity (Wildman–Crippen MR) is 68.6 cm³/mol. The number of nitrogen functional groups attached to an aromatic ring is 1. The van der Waals surface area contributed by atoms with Gasteiger partial charge in [-0.2, -0.15) is 10.4 Å². The fourth-order valence-corrected chi connectivity index (χ4v) is 1.67. The summed E-state index contributed by atoms with van der Waals surface area (Å²) in [6.45, 7) is 1.97.